The van der Waals surface area contributed by atoms with Crippen molar-refractivity contribution in [2.45, 2.75) is 44.6 Å². The number of nitrogens with zero attached hydrogens (tertiary/aromatic N) is 2. The first-order valence-electron chi connectivity index (χ1n) is 12.8. The van der Waals surface area contributed by atoms with E-state index in [1.54, 1.807) is 35.2 Å². The summed E-state index contributed by atoms with van der Waals surface area (Å²) in [7, 11) is 0. The molecule has 1 aliphatic heterocycles. The van der Waals surface area contributed by atoms with E-state index in [0.29, 0.717) is 28.9 Å². The predicted octanol–water partition coefficient (Wildman–Crippen LogP) is 4.72. The number of hydrogen-bond donors (Lipinski definition) is 3. The van der Waals surface area contributed by atoms with E-state index in [0.717, 1.165) is 23.4 Å². The zero-order chi connectivity index (χ0) is 28.3. The summed E-state index contributed by atoms with van der Waals surface area (Å²) in [5, 5.41) is 39.6. The van der Waals surface area contributed by atoms with Crippen LogP contribution in [0.25, 0.3) is 0 Å². The van der Waals surface area contributed by atoms with Gasteiger partial charge in [0, 0.05) is 28.1 Å². The van der Waals surface area contributed by atoms with Gasteiger partial charge in [-0.25, -0.2) is 0 Å². The van der Waals surface area contributed by atoms with Crippen molar-refractivity contribution in [3.63, 3.8) is 0 Å². The first kappa shape index (κ1) is 28.8. The van der Waals surface area contributed by atoms with Crippen LogP contribution in [-0.4, -0.2) is 45.9 Å². The fraction of sp³-hybridized carbons (Fsp3) is 0.355. The number of halogens is 1. The first-order valence-corrected chi connectivity index (χ1v) is 13.2. The Bertz CT molecular complexity index is 1350. The largest absolute Gasteiger partial charge is 0.396 e. The van der Waals surface area contributed by atoms with Gasteiger partial charge in [0.25, 0.3) is 5.91 Å². The van der Waals surface area contributed by atoms with Crippen molar-refractivity contribution in [2.75, 3.05) is 19.8 Å². The van der Waals surface area contributed by atoms with Crippen LogP contribution in [0, 0.1) is 16.7 Å². The highest BCUT2D eigenvalue weighted by Gasteiger charge is 2.51. The molecule has 0 spiro atoms. The molecule has 3 aromatic carbocycles. The standard InChI is InChI=1S/C25H28N2O5.C6H5Cl/c1-23(31,14-28)19-7-8-21-20(11-19)22(30)27(13-18-5-3-17(12-26)4-6-18)24(21,2)32-16-25(15-29)9-10-25;7-6-4-2-1-3-5-6/h3-8,11,28-29,31H,9-10,13-16H2,1-2H3;1-5H/t23?,24-;/m1./s1. The molecule has 1 amide bonds. The number of nitriles is 1. The monoisotopic (exact) mass is 548 g/mol. The number of hydrogen-bond acceptors (Lipinski definition) is 6. The topological polar surface area (TPSA) is 114 Å². The van der Waals surface area contributed by atoms with Crippen molar-refractivity contribution >= 4 is 17.5 Å². The smallest absolute Gasteiger partial charge is 0.257 e. The molecule has 1 aliphatic carbocycles. The fourth-order valence-electron chi connectivity index (χ4n) is 4.52. The molecule has 0 aromatic heterocycles. The van der Waals surface area contributed by atoms with Crippen LogP contribution in [0.1, 0.15) is 59.3 Å². The second-order valence-corrected chi connectivity index (χ2v) is 11.1. The minimum absolute atomic E-state index is 0.0395. The van der Waals surface area contributed by atoms with Crippen LogP contribution in [0.2, 0.25) is 5.02 Å². The average molecular weight is 549 g/mol. The van der Waals surface area contributed by atoms with Gasteiger partial charge in [0.15, 0.2) is 5.72 Å². The van der Waals surface area contributed by atoms with Crippen molar-refractivity contribution < 1.29 is 24.9 Å². The zero-order valence-corrected chi connectivity index (χ0v) is 22.9. The average Bonchev–Trinajstić information content (AvgIpc) is 3.72. The molecule has 1 saturated carbocycles. The molecule has 5 rings (SSSR count). The fourth-order valence-corrected chi connectivity index (χ4v) is 4.66. The van der Waals surface area contributed by atoms with Gasteiger partial charge in [0.2, 0.25) is 0 Å². The van der Waals surface area contributed by atoms with E-state index in [4.69, 9.17) is 21.6 Å². The van der Waals surface area contributed by atoms with Crippen molar-refractivity contribution in [2.24, 2.45) is 5.41 Å². The molecule has 2 atom stereocenters. The Labute approximate surface area is 233 Å². The summed E-state index contributed by atoms with van der Waals surface area (Å²) in [6.07, 6.45) is 1.77. The minimum Gasteiger partial charge on any atom is -0.396 e. The second kappa shape index (κ2) is 11.5. The van der Waals surface area contributed by atoms with Crippen molar-refractivity contribution in [1.29, 1.82) is 5.26 Å². The van der Waals surface area contributed by atoms with Crippen LogP contribution in [0.4, 0.5) is 0 Å². The third-order valence-corrected chi connectivity index (χ3v) is 7.80. The molecule has 7 nitrogen and oxygen atoms in total. The van der Waals surface area contributed by atoms with Crippen molar-refractivity contribution in [3.8, 4) is 6.07 Å². The summed E-state index contributed by atoms with van der Waals surface area (Å²) in [6.45, 7) is 3.51. The van der Waals surface area contributed by atoms with E-state index in [1.807, 2.05) is 49.4 Å². The molecule has 1 heterocycles. The molecule has 204 valence electrons. The number of aliphatic hydroxyl groups is 3. The van der Waals surface area contributed by atoms with E-state index in [1.165, 1.54) is 6.92 Å². The van der Waals surface area contributed by atoms with Crippen molar-refractivity contribution in [3.05, 3.63) is 106 Å². The molecule has 3 aromatic rings. The van der Waals surface area contributed by atoms with Gasteiger partial charge in [-0.15, -0.1) is 0 Å². The Morgan fingerprint density at radius 1 is 1.08 bits per heavy atom. The molecule has 8 heteroatoms. The van der Waals surface area contributed by atoms with Gasteiger partial charge in [0.1, 0.15) is 5.60 Å². The normalized spacial score (nSPS) is 20.3. The van der Waals surface area contributed by atoms with E-state index in [9.17, 15) is 20.1 Å². The molecule has 0 saturated heterocycles. The van der Waals surface area contributed by atoms with Gasteiger partial charge in [-0.2, -0.15) is 5.26 Å². The molecule has 3 N–H and O–H groups in total. The lowest BCUT2D eigenvalue weighted by molar-refractivity contribution is -0.144. The SMILES string of the molecule is CC(O)(CO)c1ccc2c(c1)C(=O)N(Cc1ccc(C#N)cc1)[C@]2(C)OCC1(CO)CC1.Clc1ccccc1. The molecular weight excluding hydrogens is 516 g/mol. The molecule has 1 fully saturated rings. The summed E-state index contributed by atoms with van der Waals surface area (Å²) < 4.78 is 6.37. The number of ether oxygens (including phenoxy) is 1. The number of rotatable bonds is 8. The van der Waals surface area contributed by atoms with Gasteiger partial charge in [-0.05, 0) is 68.1 Å². The predicted molar refractivity (Wildman–Crippen MR) is 148 cm³/mol. The van der Waals surface area contributed by atoms with Crippen LogP contribution < -0.4 is 0 Å². The highest BCUT2D eigenvalue weighted by molar-refractivity contribution is 6.30. The van der Waals surface area contributed by atoms with Gasteiger partial charge < -0.3 is 25.0 Å². The summed E-state index contributed by atoms with van der Waals surface area (Å²) in [4.78, 5) is 15.2. The lowest BCUT2D eigenvalue weighted by Crippen LogP contribution is -2.44. The van der Waals surface area contributed by atoms with Gasteiger partial charge in [-0.1, -0.05) is 54.1 Å². The third kappa shape index (κ3) is 6.17. The number of aliphatic hydroxyl groups excluding tert-OH is 2. The molecule has 2 aliphatic rings. The second-order valence-electron chi connectivity index (χ2n) is 10.6. The maximum atomic E-state index is 13.5. The highest BCUT2D eigenvalue weighted by atomic mass is 35.5. The first-order chi connectivity index (χ1) is 18.6. The molecule has 1 unspecified atom stereocenters. The van der Waals surface area contributed by atoms with Crippen molar-refractivity contribution in [1.82, 2.24) is 4.90 Å². The number of fused-ring (bicyclic) bond motifs is 1. The summed E-state index contributed by atoms with van der Waals surface area (Å²) in [6, 6.07) is 23.7. The molecular formula is C31H33ClN2O5. The molecule has 0 bridgehead atoms. The number of benzene rings is 3. The van der Waals surface area contributed by atoms with Crippen LogP contribution in [0.15, 0.2) is 72.8 Å². The summed E-state index contributed by atoms with van der Waals surface area (Å²) in [5.74, 6) is -0.240. The Morgan fingerprint density at radius 2 is 1.74 bits per heavy atom. The summed E-state index contributed by atoms with van der Waals surface area (Å²) in [5.41, 5.74) is 0.156. The summed E-state index contributed by atoms with van der Waals surface area (Å²) >= 11 is 5.54. The van der Waals surface area contributed by atoms with E-state index < -0.39 is 17.9 Å². The Hall–Kier alpha value is -3.25. The lowest BCUT2D eigenvalue weighted by atomic mass is 9.92. The van der Waals surface area contributed by atoms with E-state index in [2.05, 4.69) is 6.07 Å². The Morgan fingerprint density at radius 3 is 2.26 bits per heavy atom. The van der Waals surface area contributed by atoms with Crippen LogP contribution in [0.3, 0.4) is 0 Å². The third-order valence-electron chi connectivity index (χ3n) is 7.55. The van der Waals surface area contributed by atoms with E-state index in [-0.39, 0.29) is 24.5 Å². The number of carbonyl (C=O) groups excluding carboxylic acids is 1. The molecule has 39 heavy (non-hydrogen) atoms. The van der Waals surface area contributed by atoms with Gasteiger partial charge in [0.05, 0.1) is 31.5 Å². The number of amides is 1. The van der Waals surface area contributed by atoms with Gasteiger partial charge in [-0.3, -0.25) is 4.79 Å². The highest BCUT2D eigenvalue weighted by Crippen LogP contribution is 2.49. The zero-order valence-electron chi connectivity index (χ0n) is 22.1. The Balaban J connectivity index is 0.000000438. The number of carbonyl (C=O) groups is 1. The van der Waals surface area contributed by atoms with Crippen LogP contribution in [-0.2, 0) is 22.6 Å². The van der Waals surface area contributed by atoms with Crippen LogP contribution >= 0.6 is 11.6 Å². The maximum Gasteiger partial charge on any atom is 0.257 e. The minimum atomic E-state index is -1.47. The quantitative estimate of drug-likeness (QED) is 0.375. The maximum absolute atomic E-state index is 13.5. The molecule has 0 radical (unpaired) electrons. The van der Waals surface area contributed by atoms with E-state index >= 15 is 0 Å². The Kier molecular flexibility index (Phi) is 8.45. The van der Waals surface area contributed by atoms with Gasteiger partial charge >= 0.3 is 0 Å². The lowest BCUT2D eigenvalue weighted by Gasteiger charge is -2.37. The van der Waals surface area contributed by atoms with Crippen LogP contribution in [0.5, 0.6) is 0 Å².